The summed E-state index contributed by atoms with van der Waals surface area (Å²) in [5.41, 5.74) is 4.37. The van der Waals surface area contributed by atoms with E-state index in [0.29, 0.717) is 32.0 Å². The highest BCUT2D eigenvalue weighted by atomic mass is 16.5. The molecule has 0 saturated carbocycles. The molecule has 0 unspecified atom stereocenters. The summed E-state index contributed by atoms with van der Waals surface area (Å²) in [6.07, 6.45) is 2.36. The minimum absolute atomic E-state index is 0.0874. The Kier molecular flexibility index (Phi) is 5.84. The molecule has 2 heterocycles. The number of rotatable bonds is 6. The number of amides is 1. The molecule has 1 amide bonds. The van der Waals surface area contributed by atoms with E-state index in [9.17, 15) is 9.59 Å². The Morgan fingerprint density at radius 3 is 2.60 bits per heavy atom. The highest BCUT2D eigenvalue weighted by Gasteiger charge is 2.19. The first-order chi connectivity index (χ1) is 14.6. The second-order valence-electron chi connectivity index (χ2n) is 7.48. The molecule has 154 valence electrons. The van der Waals surface area contributed by atoms with Gasteiger partial charge in [-0.3, -0.25) is 4.79 Å². The molecule has 1 N–H and O–H groups in total. The van der Waals surface area contributed by atoms with E-state index in [4.69, 9.17) is 9.84 Å². The van der Waals surface area contributed by atoms with Gasteiger partial charge in [0.05, 0.1) is 0 Å². The fourth-order valence-corrected chi connectivity index (χ4v) is 3.68. The van der Waals surface area contributed by atoms with Gasteiger partial charge in [-0.15, -0.1) is 0 Å². The number of carboxylic acid groups (broad SMARTS) is 1. The van der Waals surface area contributed by atoms with Crippen LogP contribution in [0.3, 0.4) is 0 Å². The van der Waals surface area contributed by atoms with E-state index in [0.717, 1.165) is 29.5 Å². The maximum atomic E-state index is 12.4. The predicted molar refractivity (Wildman–Crippen MR) is 114 cm³/mol. The molecule has 4 rings (SSSR count). The molecule has 0 fully saturated rings. The molecule has 0 atom stereocenters. The number of benzene rings is 2. The third-order valence-corrected chi connectivity index (χ3v) is 5.41. The van der Waals surface area contributed by atoms with Gasteiger partial charge in [0.2, 0.25) is 0 Å². The van der Waals surface area contributed by atoms with Crippen LogP contribution >= 0.6 is 0 Å². The fourth-order valence-electron chi connectivity index (χ4n) is 3.68. The molecule has 0 bridgehead atoms. The van der Waals surface area contributed by atoms with Gasteiger partial charge in [-0.1, -0.05) is 48.5 Å². The molecule has 2 aromatic carbocycles. The van der Waals surface area contributed by atoms with Crippen LogP contribution < -0.4 is 10.3 Å². The van der Waals surface area contributed by atoms with Crippen LogP contribution in [0, 0.1) is 0 Å². The van der Waals surface area contributed by atoms with Crippen LogP contribution in [0.15, 0.2) is 71.7 Å². The third-order valence-electron chi connectivity index (χ3n) is 5.41. The first-order valence-corrected chi connectivity index (χ1v) is 10.0. The lowest BCUT2D eigenvalue weighted by Crippen LogP contribution is -2.34. The minimum atomic E-state index is -0.875. The highest BCUT2D eigenvalue weighted by molar-refractivity contribution is 5.65. The quantitative estimate of drug-likeness (QED) is 0.680. The van der Waals surface area contributed by atoms with Crippen molar-refractivity contribution < 1.29 is 14.6 Å². The Balaban J connectivity index is 1.36. The van der Waals surface area contributed by atoms with E-state index in [1.807, 2.05) is 48.5 Å². The lowest BCUT2D eigenvalue weighted by atomic mass is 9.96. The van der Waals surface area contributed by atoms with Crippen LogP contribution in [-0.4, -0.2) is 27.2 Å². The molecule has 1 aliphatic heterocycles. The van der Waals surface area contributed by atoms with Gasteiger partial charge in [-0.05, 0) is 41.2 Å². The van der Waals surface area contributed by atoms with Gasteiger partial charge in [-0.2, -0.15) is 0 Å². The van der Waals surface area contributed by atoms with Crippen molar-refractivity contribution in [1.29, 1.82) is 0 Å². The molecule has 6 nitrogen and oxygen atoms in total. The standard InChI is InChI=1S/C24H24N2O4/c27-23-15-22(30-17-19-4-2-1-3-5-19)10-13-25(23)11-8-18-6-7-21-16-26(24(28)29)12-9-20(21)14-18/h1-7,10,13-15H,8-9,11-12,16-17H2,(H,28,29). The van der Waals surface area contributed by atoms with Gasteiger partial charge >= 0.3 is 6.09 Å². The molecular formula is C24H24N2O4. The number of ether oxygens (including phenoxy) is 1. The Hall–Kier alpha value is -3.54. The number of aromatic nitrogens is 1. The van der Waals surface area contributed by atoms with Crippen molar-refractivity contribution in [3.05, 3.63) is 99.5 Å². The van der Waals surface area contributed by atoms with Gasteiger partial charge in [0.1, 0.15) is 12.4 Å². The van der Waals surface area contributed by atoms with Gasteiger partial charge in [-0.25, -0.2) is 4.79 Å². The number of pyridine rings is 1. The lowest BCUT2D eigenvalue weighted by Gasteiger charge is -2.26. The molecule has 0 radical (unpaired) electrons. The van der Waals surface area contributed by atoms with Crippen LogP contribution in [0.25, 0.3) is 0 Å². The molecular weight excluding hydrogens is 380 g/mol. The van der Waals surface area contributed by atoms with E-state index >= 15 is 0 Å². The highest BCUT2D eigenvalue weighted by Crippen LogP contribution is 2.21. The summed E-state index contributed by atoms with van der Waals surface area (Å²) in [7, 11) is 0. The summed E-state index contributed by atoms with van der Waals surface area (Å²) in [6.45, 7) is 1.97. The number of nitrogens with zero attached hydrogens (tertiary/aromatic N) is 2. The second kappa shape index (κ2) is 8.86. The molecule has 0 spiro atoms. The summed E-state index contributed by atoms with van der Waals surface area (Å²) >= 11 is 0. The Morgan fingerprint density at radius 2 is 1.83 bits per heavy atom. The van der Waals surface area contributed by atoms with Gasteiger partial charge in [0, 0.05) is 31.9 Å². The number of aryl methyl sites for hydroxylation is 2. The zero-order valence-corrected chi connectivity index (χ0v) is 16.7. The number of hydrogen-bond donors (Lipinski definition) is 1. The van der Waals surface area contributed by atoms with Crippen LogP contribution in [0.1, 0.15) is 22.3 Å². The normalized spacial score (nSPS) is 13.0. The molecule has 1 aromatic heterocycles. The van der Waals surface area contributed by atoms with Crippen LogP contribution in [-0.2, 0) is 32.5 Å². The molecule has 6 heteroatoms. The summed E-state index contributed by atoms with van der Waals surface area (Å²) < 4.78 is 7.40. The van der Waals surface area contributed by atoms with E-state index < -0.39 is 6.09 Å². The second-order valence-corrected chi connectivity index (χ2v) is 7.48. The van der Waals surface area contributed by atoms with Crippen LogP contribution in [0.4, 0.5) is 4.79 Å². The van der Waals surface area contributed by atoms with E-state index in [2.05, 4.69) is 6.07 Å². The van der Waals surface area contributed by atoms with Gasteiger partial charge < -0.3 is 19.3 Å². The Bertz CT molecular complexity index is 1090. The monoisotopic (exact) mass is 404 g/mol. The zero-order valence-electron chi connectivity index (χ0n) is 16.7. The third kappa shape index (κ3) is 4.71. The molecule has 0 aliphatic carbocycles. The first kappa shape index (κ1) is 19.8. The van der Waals surface area contributed by atoms with Crippen molar-refractivity contribution in [2.75, 3.05) is 6.54 Å². The first-order valence-electron chi connectivity index (χ1n) is 10.0. The van der Waals surface area contributed by atoms with Crippen molar-refractivity contribution in [2.24, 2.45) is 0 Å². The minimum Gasteiger partial charge on any atom is -0.489 e. The maximum absolute atomic E-state index is 12.4. The number of carbonyl (C=O) groups is 1. The average molecular weight is 404 g/mol. The summed E-state index contributed by atoms with van der Waals surface area (Å²) in [5.74, 6) is 0.567. The predicted octanol–water partition coefficient (Wildman–Crippen LogP) is 3.71. The van der Waals surface area contributed by atoms with Crippen molar-refractivity contribution >= 4 is 6.09 Å². The fraction of sp³-hybridized carbons (Fsp3) is 0.250. The molecule has 30 heavy (non-hydrogen) atoms. The molecule has 0 saturated heterocycles. The molecule has 1 aliphatic rings. The smallest absolute Gasteiger partial charge is 0.407 e. The topological polar surface area (TPSA) is 71.8 Å². The van der Waals surface area contributed by atoms with Crippen molar-refractivity contribution in [3.8, 4) is 5.75 Å². The van der Waals surface area contributed by atoms with E-state index in [1.54, 1.807) is 10.8 Å². The van der Waals surface area contributed by atoms with Crippen molar-refractivity contribution in [1.82, 2.24) is 9.47 Å². The van der Waals surface area contributed by atoms with Gasteiger partial charge in [0.15, 0.2) is 0 Å². The van der Waals surface area contributed by atoms with E-state index in [1.165, 1.54) is 16.5 Å². The average Bonchev–Trinajstić information content (AvgIpc) is 2.77. The Morgan fingerprint density at radius 1 is 1.00 bits per heavy atom. The SMILES string of the molecule is O=C(O)N1CCc2cc(CCn3ccc(OCc4ccccc4)cc3=O)ccc2C1. The van der Waals surface area contributed by atoms with E-state index in [-0.39, 0.29) is 5.56 Å². The number of fused-ring (bicyclic) bond motifs is 1. The van der Waals surface area contributed by atoms with Crippen molar-refractivity contribution in [3.63, 3.8) is 0 Å². The largest absolute Gasteiger partial charge is 0.489 e. The van der Waals surface area contributed by atoms with Crippen molar-refractivity contribution in [2.45, 2.75) is 32.5 Å². The zero-order chi connectivity index (χ0) is 20.9. The maximum Gasteiger partial charge on any atom is 0.407 e. The molecule has 3 aromatic rings. The summed E-state index contributed by atoms with van der Waals surface area (Å²) in [5, 5.41) is 9.15. The van der Waals surface area contributed by atoms with Crippen LogP contribution in [0.2, 0.25) is 0 Å². The summed E-state index contributed by atoms with van der Waals surface area (Å²) in [6, 6.07) is 19.3. The lowest BCUT2D eigenvalue weighted by molar-refractivity contribution is 0.140. The Labute approximate surface area is 175 Å². The van der Waals surface area contributed by atoms with Gasteiger partial charge in [0.25, 0.3) is 5.56 Å². The summed E-state index contributed by atoms with van der Waals surface area (Å²) in [4.78, 5) is 25.0. The number of hydrogen-bond acceptors (Lipinski definition) is 3. The van der Waals surface area contributed by atoms with Crippen LogP contribution in [0.5, 0.6) is 5.75 Å².